The van der Waals surface area contributed by atoms with Crippen LogP contribution in [0.25, 0.3) is 16.0 Å². The summed E-state index contributed by atoms with van der Waals surface area (Å²) in [6, 6.07) is 15.8. The number of amides is 1. The first-order valence-electron chi connectivity index (χ1n) is 9.49. The number of benzene rings is 2. The van der Waals surface area contributed by atoms with Crippen LogP contribution in [0.4, 0.5) is 5.13 Å². The fourth-order valence-electron chi connectivity index (χ4n) is 3.65. The largest absolute Gasteiger partial charge is 0.507 e. The summed E-state index contributed by atoms with van der Waals surface area (Å²) in [6.45, 7) is 0. The Morgan fingerprint density at radius 3 is 2.44 bits per heavy atom. The molecule has 1 aliphatic heterocycles. The third kappa shape index (κ3) is 3.19. The summed E-state index contributed by atoms with van der Waals surface area (Å²) >= 11 is 2.48. The van der Waals surface area contributed by atoms with Crippen molar-refractivity contribution in [2.45, 2.75) is 6.04 Å². The lowest BCUT2D eigenvalue weighted by Gasteiger charge is -2.21. The van der Waals surface area contributed by atoms with Crippen LogP contribution in [0, 0.1) is 0 Å². The molecule has 2 N–H and O–H groups in total. The summed E-state index contributed by atoms with van der Waals surface area (Å²) in [5.41, 5.74) is 1.05. The van der Waals surface area contributed by atoms with Gasteiger partial charge in [0, 0.05) is 10.4 Å². The van der Waals surface area contributed by atoms with Gasteiger partial charge in [-0.15, -0.1) is 11.3 Å². The maximum Gasteiger partial charge on any atom is 0.335 e. The highest BCUT2D eigenvalue weighted by Crippen LogP contribution is 2.45. The van der Waals surface area contributed by atoms with Crippen molar-refractivity contribution < 1.29 is 24.6 Å². The molecule has 1 aliphatic rings. The molecule has 158 valence electrons. The van der Waals surface area contributed by atoms with Gasteiger partial charge in [0.2, 0.25) is 0 Å². The second-order valence-corrected chi connectivity index (χ2v) is 9.02. The van der Waals surface area contributed by atoms with E-state index in [0.29, 0.717) is 20.7 Å². The number of ketones is 1. The van der Waals surface area contributed by atoms with E-state index in [0.717, 1.165) is 11.3 Å². The zero-order chi connectivity index (χ0) is 22.4. The number of thiazole rings is 1. The first kappa shape index (κ1) is 20.1. The van der Waals surface area contributed by atoms with Crippen LogP contribution < -0.4 is 4.90 Å². The predicted molar refractivity (Wildman–Crippen MR) is 122 cm³/mol. The van der Waals surface area contributed by atoms with Crippen LogP contribution in [-0.4, -0.2) is 32.9 Å². The Bertz CT molecular complexity index is 1410. The molecular weight excluding hydrogens is 448 g/mol. The highest BCUT2D eigenvalue weighted by molar-refractivity contribution is 7.22. The number of aromatic nitrogens is 1. The van der Waals surface area contributed by atoms with E-state index in [1.807, 2.05) is 5.38 Å². The average Bonchev–Trinajstić information content (AvgIpc) is 3.52. The van der Waals surface area contributed by atoms with E-state index in [1.54, 1.807) is 48.5 Å². The molecule has 1 amide bonds. The van der Waals surface area contributed by atoms with Gasteiger partial charge in [-0.25, -0.2) is 9.78 Å². The van der Waals surface area contributed by atoms with E-state index in [1.165, 1.54) is 28.4 Å². The third-order valence-electron chi connectivity index (χ3n) is 5.13. The second kappa shape index (κ2) is 7.70. The van der Waals surface area contributed by atoms with Crippen molar-refractivity contribution in [3.8, 4) is 0 Å². The van der Waals surface area contributed by atoms with Gasteiger partial charge in [-0.3, -0.25) is 14.5 Å². The first-order valence-corrected chi connectivity index (χ1v) is 11.2. The number of carboxylic acid groups (broad SMARTS) is 1. The molecule has 0 spiro atoms. The molecule has 9 heteroatoms. The van der Waals surface area contributed by atoms with Gasteiger partial charge in [0.1, 0.15) is 11.8 Å². The molecule has 0 bridgehead atoms. The smallest absolute Gasteiger partial charge is 0.335 e. The number of carbonyl (C=O) groups is 3. The summed E-state index contributed by atoms with van der Waals surface area (Å²) in [5, 5.41) is 22.3. The van der Waals surface area contributed by atoms with Crippen molar-refractivity contribution in [3.05, 3.63) is 87.6 Å². The lowest BCUT2D eigenvalue weighted by Crippen LogP contribution is -2.28. The summed E-state index contributed by atoms with van der Waals surface area (Å²) in [4.78, 5) is 44.0. The van der Waals surface area contributed by atoms with Crippen molar-refractivity contribution >= 4 is 61.4 Å². The van der Waals surface area contributed by atoms with Crippen LogP contribution in [0.2, 0.25) is 0 Å². The standard InChI is InChI=1S/C23H14N2O5S2/c26-19(12-5-2-1-3-6-12)17-18(15-7-4-10-31-15)25(21(28)20(17)27)23-24-14-9-8-13(22(29)30)11-16(14)32-23/h1-11,18,26H,(H,29,30)/b19-17+. The van der Waals surface area contributed by atoms with Gasteiger partial charge in [-0.05, 0) is 29.6 Å². The van der Waals surface area contributed by atoms with E-state index < -0.39 is 23.7 Å². The fourth-order valence-corrected chi connectivity index (χ4v) is 5.50. The van der Waals surface area contributed by atoms with E-state index in [4.69, 9.17) is 0 Å². The Kier molecular flexibility index (Phi) is 4.84. The Morgan fingerprint density at radius 1 is 0.969 bits per heavy atom. The van der Waals surface area contributed by atoms with Crippen LogP contribution in [-0.2, 0) is 9.59 Å². The Balaban J connectivity index is 1.70. The summed E-state index contributed by atoms with van der Waals surface area (Å²) in [5.74, 6) is -2.91. The molecule has 32 heavy (non-hydrogen) atoms. The molecule has 0 radical (unpaired) electrons. The quantitative estimate of drug-likeness (QED) is 0.259. The normalized spacial score (nSPS) is 17.9. The van der Waals surface area contributed by atoms with Crippen LogP contribution in [0.5, 0.6) is 0 Å². The number of thiophene rings is 1. The summed E-state index contributed by atoms with van der Waals surface area (Å²) < 4.78 is 0.579. The first-order chi connectivity index (χ1) is 15.5. The number of aliphatic hydroxyl groups is 1. The molecule has 1 saturated heterocycles. The zero-order valence-electron chi connectivity index (χ0n) is 16.3. The van der Waals surface area contributed by atoms with E-state index in [9.17, 15) is 24.6 Å². The number of carbonyl (C=O) groups excluding carboxylic acids is 2. The molecule has 0 saturated carbocycles. The molecule has 2 aromatic heterocycles. The van der Waals surface area contributed by atoms with E-state index in [2.05, 4.69) is 4.98 Å². The molecular formula is C23H14N2O5S2. The maximum absolute atomic E-state index is 13.1. The van der Waals surface area contributed by atoms with Gasteiger partial charge in [0.15, 0.2) is 5.13 Å². The van der Waals surface area contributed by atoms with Crippen molar-refractivity contribution in [2.75, 3.05) is 4.90 Å². The highest BCUT2D eigenvalue weighted by atomic mass is 32.1. The average molecular weight is 463 g/mol. The molecule has 0 aliphatic carbocycles. The minimum atomic E-state index is -1.07. The van der Waals surface area contributed by atoms with Gasteiger partial charge in [-0.1, -0.05) is 47.7 Å². The third-order valence-corrected chi connectivity index (χ3v) is 7.08. The molecule has 1 unspecified atom stereocenters. The highest BCUT2D eigenvalue weighted by Gasteiger charge is 2.48. The van der Waals surface area contributed by atoms with Crippen molar-refractivity contribution in [1.82, 2.24) is 4.98 Å². The number of aliphatic hydroxyl groups excluding tert-OH is 1. The zero-order valence-corrected chi connectivity index (χ0v) is 17.9. The van der Waals surface area contributed by atoms with Gasteiger partial charge in [0.25, 0.3) is 5.78 Å². The number of fused-ring (bicyclic) bond motifs is 1. The van der Waals surface area contributed by atoms with E-state index >= 15 is 0 Å². The molecule has 1 atom stereocenters. The molecule has 3 heterocycles. The lowest BCUT2D eigenvalue weighted by molar-refractivity contribution is -0.132. The minimum absolute atomic E-state index is 0.00543. The monoisotopic (exact) mass is 462 g/mol. The second-order valence-electron chi connectivity index (χ2n) is 7.03. The SMILES string of the molecule is O=C1C(=O)N(c2nc3ccc(C(=O)O)cc3s2)C(c2cccs2)/C1=C(\O)c1ccccc1. The molecule has 4 aromatic rings. The van der Waals surface area contributed by atoms with Gasteiger partial charge < -0.3 is 10.2 Å². The number of carboxylic acids is 1. The number of anilines is 1. The molecule has 7 nitrogen and oxygen atoms in total. The van der Waals surface area contributed by atoms with Crippen LogP contribution in [0.1, 0.15) is 26.8 Å². The Labute approximate surface area is 189 Å². The number of rotatable bonds is 4. The van der Waals surface area contributed by atoms with Crippen molar-refractivity contribution in [3.63, 3.8) is 0 Å². The van der Waals surface area contributed by atoms with Crippen LogP contribution in [0.15, 0.2) is 71.6 Å². The summed E-state index contributed by atoms with van der Waals surface area (Å²) in [7, 11) is 0. The summed E-state index contributed by atoms with van der Waals surface area (Å²) in [6.07, 6.45) is 0. The van der Waals surface area contributed by atoms with Gasteiger partial charge in [0.05, 0.1) is 21.4 Å². The maximum atomic E-state index is 13.1. The Hall–Kier alpha value is -3.82. The van der Waals surface area contributed by atoms with E-state index in [-0.39, 0.29) is 22.0 Å². The number of aromatic carboxylic acids is 1. The minimum Gasteiger partial charge on any atom is -0.507 e. The van der Waals surface area contributed by atoms with Crippen LogP contribution in [0.3, 0.4) is 0 Å². The topological polar surface area (TPSA) is 108 Å². The van der Waals surface area contributed by atoms with Crippen LogP contribution >= 0.6 is 22.7 Å². The van der Waals surface area contributed by atoms with Gasteiger partial charge >= 0.3 is 11.9 Å². The molecule has 5 rings (SSSR count). The fraction of sp³-hybridized carbons (Fsp3) is 0.0435. The number of Topliss-reactive ketones (excluding diaryl/α,β-unsaturated/α-hetero) is 1. The molecule has 2 aromatic carbocycles. The van der Waals surface area contributed by atoms with Crippen molar-refractivity contribution in [2.24, 2.45) is 0 Å². The molecule has 1 fully saturated rings. The lowest BCUT2D eigenvalue weighted by atomic mass is 10.00. The number of hydrogen-bond acceptors (Lipinski definition) is 7. The Morgan fingerprint density at radius 2 is 1.75 bits per heavy atom. The number of hydrogen-bond donors (Lipinski definition) is 2. The number of nitrogens with zero attached hydrogens (tertiary/aromatic N) is 2. The van der Waals surface area contributed by atoms with Crippen molar-refractivity contribution in [1.29, 1.82) is 0 Å². The van der Waals surface area contributed by atoms with Gasteiger partial charge in [-0.2, -0.15) is 0 Å². The predicted octanol–water partition coefficient (Wildman–Crippen LogP) is 4.68.